The number of hydrogen-bond acceptors (Lipinski definition) is 5. The Morgan fingerprint density at radius 3 is 2.81 bits per heavy atom. The van der Waals surface area contributed by atoms with Crippen molar-refractivity contribution in [2.45, 2.75) is 25.8 Å². The number of morpholine rings is 1. The zero-order valence-corrected chi connectivity index (χ0v) is 12.9. The molecule has 0 saturated carbocycles. The molecule has 3 rings (SSSR count). The molecule has 3 heterocycles. The minimum atomic E-state index is 0.709. The van der Waals surface area contributed by atoms with Gasteiger partial charge in [-0.05, 0) is 5.92 Å². The molecule has 0 aromatic carbocycles. The van der Waals surface area contributed by atoms with Crippen LogP contribution in [0.15, 0.2) is 18.6 Å². The molecule has 2 unspecified atom stereocenters. The number of nitrogens with zero attached hydrogens (tertiary/aromatic N) is 4. The summed E-state index contributed by atoms with van der Waals surface area (Å²) in [7, 11) is 0. The number of rotatable bonds is 5. The van der Waals surface area contributed by atoms with Crippen LogP contribution in [0.1, 0.15) is 19.0 Å². The zero-order valence-electron chi connectivity index (χ0n) is 12.9. The lowest BCUT2D eigenvalue weighted by atomic mass is 9.99. The lowest BCUT2D eigenvalue weighted by Crippen LogP contribution is -2.47. The first-order chi connectivity index (χ1) is 10.4. The van der Waals surface area contributed by atoms with Gasteiger partial charge in [0.25, 0.3) is 0 Å². The van der Waals surface area contributed by atoms with Gasteiger partial charge >= 0.3 is 0 Å². The maximum atomic E-state index is 5.49. The number of likely N-dealkylation sites (tertiary alicyclic amines) is 1. The van der Waals surface area contributed by atoms with Crippen molar-refractivity contribution in [3.63, 3.8) is 0 Å². The van der Waals surface area contributed by atoms with E-state index in [-0.39, 0.29) is 0 Å². The third-order valence-electron chi connectivity index (χ3n) is 4.82. The van der Waals surface area contributed by atoms with E-state index in [0.29, 0.717) is 6.04 Å². The van der Waals surface area contributed by atoms with E-state index in [2.05, 4.69) is 26.7 Å². The third-order valence-corrected chi connectivity index (χ3v) is 4.82. The summed E-state index contributed by atoms with van der Waals surface area (Å²) in [5.74, 6) is 0.796. The van der Waals surface area contributed by atoms with Crippen molar-refractivity contribution in [3.8, 4) is 0 Å². The van der Waals surface area contributed by atoms with Crippen molar-refractivity contribution in [3.05, 3.63) is 24.3 Å². The van der Waals surface area contributed by atoms with E-state index < -0.39 is 0 Å². The molecule has 2 aliphatic rings. The van der Waals surface area contributed by atoms with Crippen LogP contribution in [0.3, 0.4) is 0 Å². The average molecular weight is 290 g/mol. The fourth-order valence-electron chi connectivity index (χ4n) is 3.58. The maximum absolute atomic E-state index is 5.49. The Morgan fingerprint density at radius 2 is 2.10 bits per heavy atom. The van der Waals surface area contributed by atoms with Crippen LogP contribution in [0.2, 0.25) is 0 Å². The Hall–Kier alpha value is -1.04. The predicted octanol–water partition coefficient (Wildman–Crippen LogP) is 1.06. The first-order valence-corrected chi connectivity index (χ1v) is 8.16. The van der Waals surface area contributed by atoms with Gasteiger partial charge < -0.3 is 9.64 Å². The Balaban J connectivity index is 1.53. The van der Waals surface area contributed by atoms with Gasteiger partial charge in [-0.3, -0.25) is 14.9 Å². The molecule has 2 saturated heterocycles. The lowest BCUT2D eigenvalue weighted by Gasteiger charge is -2.34. The number of aromatic nitrogens is 2. The van der Waals surface area contributed by atoms with Crippen LogP contribution in [0.5, 0.6) is 0 Å². The van der Waals surface area contributed by atoms with Gasteiger partial charge in [0.1, 0.15) is 0 Å². The highest BCUT2D eigenvalue weighted by Crippen LogP contribution is 2.25. The second-order valence-electron chi connectivity index (χ2n) is 6.09. The van der Waals surface area contributed by atoms with Crippen LogP contribution >= 0.6 is 0 Å². The quantitative estimate of drug-likeness (QED) is 0.811. The average Bonchev–Trinajstić information content (AvgIpc) is 2.98. The summed E-state index contributed by atoms with van der Waals surface area (Å²) in [5, 5.41) is 0. The van der Waals surface area contributed by atoms with Gasteiger partial charge in [-0.2, -0.15) is 0 Å². The SMILES string of the molecule is CCC1CN(CCc2cnccn2)CC1N1CCOCC1. The fraction of sp³-hybridized carbons (Fsp3) is 0.750. The molecule has 2 aliphatic heterocycles. The summed E-state index contributed by atoms with van der Waals surface area (Å²) >= 11 is 0. The van der Waals surface area contributed by atoms with Crippen molar-refractivity contribution in [2.24, 2.45) is 5.92 Å². The highest BCUT2D eigenvalue weighted by atomic mass is 16.5. The third kappa shape index (κ3) is 3.78. The highest BCUT2D eigenvalue weighted by Gasteiger charge is 2.35. The van der Waals surface area contributed by atoms with Gasteiger partial charge in [0.05, 0.1) is 18.9 Å². The molecule has 21 heavy (non-hydrogen) atoms. The van der Waals surface area contributed by atoms with E-state index in [1.807, 2.05) is 6.20 Å². The molecular weight excluding hydrogens is 264 g/mol. The Morgan fingerprint density at radius 1 is 1.24 bits per heavy atom. The Bertz CT molecular complexity index is 422. The molecule has 2 atom stereocenters. The van der Waals surface area contributed by atoms with E-state index in [0.717, 1.165) is 50.9 Å². The molecule has 5 nitrogen and oxygen atoms in total. The van der Waals surface area contributed by atoms with E-state index >= 15 is 0 Å². The minimum Gasteiger partial charge on any atom is -0.379 e. The summed E-state index contributed by atoms with van der Waals surface area (Å²) in [5.41, 5.74) is 1.10. The number of ether oxygens (including phenoxy) is 1. The molecular formula is C16H26N4O. The first-order valence-electron chi connectivity index (χ1n) is 8.16. The predicted molar refractivity (Wildman–Crippen MR) is 82.1 cm³/mol. The van der Waals surface area contributed by atoms with E-state index in [9.17, 15) is 0 Å². The van der Waals surface area contributed by atoms with Gasteiger partial charge in [0.15, 0.2) is 0 Å². The van der Waals surface area contributed by atoms with Crippen molar-refractivity contribution in [1.29, 1.82) is 0 Å². The van der Waals surface area contributed by atoms with E-state index in [4.69, 9.17) is 4.74 Å². The van der Waals surface area contributed by atoms with Crippen LogP contribution in [0.4, 0.5) is 0 Å². The molecule has 0 radical (unpaired) electrons. The van der Waals surface area contributed by atoms with Crippen molar-refractivity contribution in [2.75, 3.05) is 45.9 Å². The molecule has 0 spiro atoms. The van der Waals surface area contributed by atoms with Crippen molar-refractivity contribution in [1.82, 2.24) is 19.8 Å². The van der Waals surface area contributed by atoms with Gasteiger partial charge in [-0.25, -0.2) is 0 Å². The zero-order chi connectivity index (χ0) is 14.5. The smallest absolute Gasteiger partial charge is 0.0599 e. The van der Waals surface area contributed by atoms with Crippen LogP contribution in [0, 0.1) is 5.92 Å². The van der Waals surface area contributed by atoms with E-state index in [1.54, 1.807) is 12.4 Å². The molecule has 0 amide bonds. The van der Waals surface area contributed by atoms with Gasteiger partial charge in [0, 0.05) is 63.8 Å². The number of hydrogen-bond donors (Lipinski definition) is 0. The molecule has 0 bridgehead atoms. The second kappa shape index (κ2) is 7.29. The summed E-state index contributed by atoms with van der Waals surface area (Å²) in [6.07, 6.45) is 7.67. The summed E-state index contributed by atoms with van der Waals surface area (Å²) in [6, 6.07) is 0.709. The van der Waals surface area contributed by atoms with Crippen LogP contribution in [0.25, 0.3) is 0 Å². The molecule has 0 aliphatic carbocycles. The summed E-state index contributed by atoms with van der Waals surface area (Å²) in [4.78, 5) is 13.8. The summed E-state index contributed by atoms with van der Waals surface area (Å²) < 4.78 is 5.49. The molecule has 1 aromatic rings. The van der Waals surface area contributed by atoms with Crippen LogP contribution in [-0.4, -0.2) is 71.7 Å². The Kier molecular flexibility index (Phi) is 5.17. The standard InChI is InChI=1S/C16H26N4O/c1-2-14-12-19(6-3-15-11-17-4-5-18-15)13-16(14)20-7-9-21-10-8-20/h4-5,11,14,16H,2-3,6-10,12-13H2,1H3. The molecule has 1 aromatic heterocycles. The van der Waals surface area contributed by atoms with Crippen molar-refractivity contribution < 1.29 is 4.74 Å². The largest absolute Gasteiger partial charge is 0.379 e. The highest BCUT2D eigenvalue weighted by molar-refractivity contribution is 4.97. The lowest BCUT2D eigenvalue weighted by molar-refractivity contribution is 0.0102. The van der Waals surface area contributed by atoms with Crippen molar-refractivity contribution >= 4 is 0 Å². The summed E-state index contributed by atoms with van der Waals surface area (Å²) in [6.45, 7) is 9.81. The molecule has 2 fully saturated rings. The monoisotopic (exact) mass is 290 g/mol. The van der Waals surface area contributed by atoms with Crippen LogP contribution < -0.4 is 0 Å². The van der Waals surface area contributed by atoms with Crippen LogP contribution in [-0.2, 0) is 11.2 Å². The molecule has 116 valence electrons. The minimum absolute atomic E-state index is 0.709. The fourth-order valence-corrected chi connectivity index (χ4v) is 3.58. The van der Waals surface area contributed by atoms with Gasteiger partial charge in [-0.15, -0.1) is 0 Å². The topological polar surface area (TPSA) is 41.5 Å². The molecule has 5 heteroatoms. The Labute approximate surface area is 127 Å². The first kappa shape index (κ1) is 14.9. The van der Waals surface area contributed by atoms with Gasteiger partial charge in [-0.1, -0.05) is 13.3 Å². The molecule has 0 N–H and O–H groups in total. The normalized spacial score (nSPS) is 28.0. The van der Waals surface area contributed by atoms with E-state index in [1.165, 1.54) is 19.5 Å². The second-order valence-corrected chi connectivity index (χ2v) is 6.09. The maximum Gasteiger partial charge on any atom is 0.0599 e. The van der Waals surface area contributed by atoms with Gasteiger partial charge in [0.2, 0.25) is 0 Å².